The predicted octanol–water partition coefficient (Wildman–Crippen LogP) is 3.31. The van der Waals surface area contributed by atoms with E-state index in [2.05, 4.69) is 5.32 Å². The van der Waals surface area contributed by atoms with Crippen molar-refractivity contribution in [3.8, 4) is 0 Å². The zero-order valence-corrected chi connectivity index (χ0v) is 15.0. The SMILES string of the molecule is O=C(Nc1ccccc1)c1ccccc1C(=O)ON1C(=O)c2ccccc2C1=O. The van der Waals surface area contributed by atoms with E-state index in [1.54, 1.807) is 48.5 Å². The molecule has 7 heteroatoms. The smallest absolute Gasteiger partial charge is 0.324 e. The van der Waals surface area contributed by atoms with Crippen LogP contribution >= 0.6 is 0 Å². The van der Waals surface area contributed by atoms with Gasteiger partial charge in [-0.15, -0.1) is 0 Å². The molecule has 29 heavy (non-hydrogen) atoms. The van der Waals surface area contributed by atoms with Gasteiger partial charge in [-0.3, -0.25) is 14.4 Å². The number of benzene rings is 3. The summed E-state index contributed by atoms with van der Waals surface area (Å²) in [5.74, 6) is -2.97. The molecule has 0 aliphatic carbocycles. The third kappa shape index (κ3) is 3.37. The fourth-order valence-electron chi connectivity index (χ4n) is 2.96. The molecule has 0 spiro atoms. The molecule has 3 aromatic carbocycles. The summed E-state index contributed by atoms with van der Waals surface area (Å²) in [6, 6.07) is 20.9. The maximum atomic E-state index is 12.7. The van der Waals surface area contributed by atoms with E-state index < -0.39 is 23.7 Å². The van der Waals surface area contributed by atoms with Crippen molar-refractivity contribution in [1.82, 2.24) is 5.06 Å². The van der Waals surface area contributed by atoms with Crippen LogP contribution in [-0.4, -0.2) is 28.8 Å². The van der Waals surface area contributed by atoms with Crippen molar-refractivity contribution in [1.29, 1.82) is 0 Å². The molecule has 0 atom stereocenters. The number of anilines is 1. The summed E-state index contributed by atoms with van der Waals surface area (Å²) < 4.78 is 0. The highest BCUT2D eigenvalue weighted by molar-refractivity contribution is 6.21. The van der Waals surface area contributed by atoms with Crippen LogP contribution < -0.4 is 5.32 Å². The largest absolute Gasteiger partial charge is 0.364 e. The molecule has 0 aromatic heterocycles. The number of hydrogen-bond acceptors (Lipinski definition) is 5. The molecule has 0 radical (unpaired) electrons. The fourth-order valence-corrected chi connectivity index (χ4v) is 2.96. The van der Waals surface area contributed by atoms with E-state index in [9.17, 15) is 19.2 Å². The zero-order chi connectivity index (χ0) is 20.4. The lowest BCUT2D eigenvalue weighted by molar-refractivity contribution is -0.0584. The number of amides is 3. The Labute approximate surface area is 165 Å². The number of fused-ring (bicyclic) bond motifs is 1. The van der Waals surface area contributed by atoms with Gasteiger partial charge in [-0.2, -0.15) is 0 Å². The Morgan fingerprint density at radius 3 is 1.83 bits per heavy atom. The average molecular weight is 386 g/mol. The Hall–Kier alpha value is -4.26. The van der Waals surface area contributed by atoms with Crippen LogP contribution in [0, 0.1) is 0 Å². The maximum absolute atomic E-state index is 12.7. The zero-order valence-electron chi connectivity index (χ0n) is 15.0. The van der Waals surface area contributed by atoms with Gasteiger partial charge in [0.15, 0.2) is 0 Å². The van der Waals surface area contributed by atoms with E-state index in [0.29, 0.717) is 10.8 Å². The molecule has 3 aromatic rings. The summed E-state index contributed by atoms with van der Waals surface area (Å²) in [6.07, 6.45) is 0. The van der Waals surface area contributed by atoms with Crippen LogP contribution in [0.2, 0.25) is 0 Å². The van der Waals surface area contributed by atoms with Crippen molar-refractivity contribution in [3.63, 3.8) is 0 Å². The molecular weight excluding hydrogens is 372 g/mol. The number of hydroxylamine groups is 2. The number of nitrogens with one attached hydrogen (secondary N) is 1. The fraction of sp³-hybridized carbons (Fsp3) is 0. The Morgan fingerprint density at radius 1 is 0.690 bits per heavy atom. The number of rotatable bonds is 4. The van der Waals surface area contributed by atoms with Gasteiger partial charge in [-0.1, -0.05) is 47.5 Å². The molecule has 142 valence electrons. The minimum Gasteiger partial charge on any atom is -0.324 e. The molecule has 0 fully saturated rings. The summed E-state index contributed by atoms with van der Waals surface area (Å²) in [4.78, 5) is 55.1. The minimum absolute atomic E-state index is 0.0537. The third-order valence-corrected chi connectivity index (χ3v) is 4.35. The van der Waals surface area contributed by atoms with Gasteiger partial charge in [-0.05, 0) is 36.4 Å². The Balaban J connectivity index is 1.57. The molecular formula is C22H14N2O5. The van der Waals surface area contributed by atoms with Gasteiger partial charge in [0.1, 0.15) is 0 Å². The first-order chi connectivity index (χ1) is 14.1. The van der Waals surface area contributed by atoms with Crippen molar-refractivity contribution in [2.24, 2.45) is 0 Å². The first-order valence-corrected chi connectivity index (χ1v) is 8.72. The molecule has 0 saturated carbocycles. The van der Waals surface area contributed by atoms with E-state index in [-0.39, 0.29) is 22.3 Å². The van der Waals surface area contributed by atoms with Crippen LogP contribution in [0.4, 0.5) is 5.69 Å². The summed E-state index contributed by atoms with van der Waals surface area (Å²) in [7, 11) is 0. The van der Waals surface area contributed by atoms with Crippen LogP contribution in [0.25, 0.3) is 0 Å². The average Bonchev–Trinajstić information content (AvgIpc) is 2.99. The van der Waals surface area contributed by atoms with Crippen molar-refractivity contribution >= 4 is 29.4 Å². The lowest BCUT2D eigenvalue weighted by Crippen LogP contribution is -2.33. The summed E-state index contributed by atoms with van der Waals surface area (Å²) in [5, 5.41) is 3.10. The van der Waals surface area contributed by atoms with Crippen LogP contribution in [0.5, 0.6) is 0 Å². The molecule has 0 unspecified atom stereocenters. The normalized spacial score (nSPS) is 12.5. The highest BCUT2D eigenvalue weighted by atomic mass is 16.7. The number of para-hydroxylation sites is 1. The molecule has 1 N–H and O–H groups in total. The van der Waals surface area contributed by atoms with Gasteiger partial charge in [0.2, 0.25) is 0 Å². The van der Waals surface area contributed by atoms with E-state index >= 15 is 0 Å². The lowest BCUT2D eigenvalue weighted by atomic mass is 10.1. The maximum Gasteiger partial charge on any atom is 0.364 e. The molecule has 4 rings (SSSR count). The molecule has 1 aliphatic heterocycles. The highest BCUT2D eigenvalue weighted by Gasteiger charge is 2.39. The number of carbonyl (C=O) groups is 4. The summed E-state index contributed by atoms with van der Waals surface area (Å²) >= 11 is 0. The van der Waals surface area contributed by atoms with Crippen molar-refractivity contribution < 1.29 is 24.0 Å². The van der Waals surface area contributed by atoms with Crippen molar-refractivity contribution in [2.45, 2.75) is 0 Å². The Kier molecular flexibility index (Phi) is 4.62. The van der Waals surface area contributed by atoms with Crippen LogP contribution in [0.3, 0.4) is 0 Å². The summed E-state index contributed by atoms with van der Waals surface area (Å²) in [5.41, 5.74) is 0.845. The number of carbonyl (C=O) groups excluding carboxylic acids is 4. The molecule has 1 heterocycles. The van der Waals surface area contributed by atoms with E-state index in [0.717, 1.165) is 0 Å². The quantitative estimate of drug-likeness (QED) is 0.695. The predicted molar refractivity (Wildman–Crippen MR) is 103 cm³/mol. The molecule has 0 saturated heterocycles. The number of nitrogens with zero attached hydrogens (tertiary/aromatic N) is 1. The minimum atomic E-state index is -0.988. The van der Waals surface area contributed by atoms with Gasteiger partial charge in [0.25, 0.3) is 17.7 Å². The van der Waals surface area contributed by atoms with Crippen LogP contribution in [0.15, 0.2) is 78.9 Å². The van der Waals surface area contributed by atoms with E-state index in [4.69, 9.17) is 4.84 Å². The van der Waals surface area contributed by atoms with Gasteiger partial charge in [0, 0.05) is 5.69 Å². The van der Waals surface area contributed by atoms with Crippen molar-refractivity contribution in [3.05, 3.63) is 101 Å². The second-order valence-electron chi connectivity index (χ2n) is 6.19. The first kappa shape index (κ1) is 18.1. The molecule has 3 amide bonds. The summed E-state index contributed by atoms with van der Waals surface area (Å²) in [6.45, 7) is 0. The van der Waals surface area contributed by atoms with Crippen LogP contribution in [0.1, 0.15) is 41.4 Å². The second kappa shape index (κ2) is 7.40. The van der Waals surface area contributed by atoms with E-state index in [1.165, 1.54) is 24.3 Å². The Bertz CT molecular complexity index is 1110. The molecule has 1 aliphatic rings. The molecule has 0 bridgehead atoms. The van der Waals surface area contributed by atoms with Gasteiger partial charge in [-0.25, -0.2) is 4.79 Å². The monoisotopic (exact) mass is 386 g/mol. The standard InChI is InChI=1S/C22H14N2O5/c25-19(23-14-8-2-1-3-9-14)15-10-4-7-13-18(15)22(28)29-24-20(26)16-11-5-6-12-17(16)21(24)27/h1-13H,(H,23,25). The topological polar surface area (TPSA) is 92.8 Å². The molecule has 7 nitrogen and oxygen atoms in total. The highest BCUT2D eigenvalue weighted by Crippen LogP contribution is 2.24. The van der Waals surface area contributed by atoms with Gasteiger partial charge < -0.3 is 10.2 Å². The number of hydrogen-bond donors (Lipinski definition) is 1. The first-order valence-electron chi connectivity index (χ1n) is 8.72. The second-order valence-corrected chi connectivity index (χ2v) is 6.19. The van der Waals surface area contributed by atoms with Gasteiger partial charge >= 0.3 is 5.97 Å². The lowest BCUT2D eigenvalue weighted by Gasteiger charge is -2.14. The van der Waals surface area contributed by atoms with Gasteiger partial charge in [0.05, 0.1) is 22.3 Å². The number of imide groups is 1. The Morgan fingerprint density at radius 2 is 1.21 bits per heavy atom. The van der Waals surface area contributed by atoms with Crippen molar-refractivity contribution in [2.75, 3.05) is 5.32 Å². The van der Waals surface area contributed by atoms with E-state index in [1.807, 2.05) is 6.07 Å². The third-order valence-electron chi connectivity index (χ3n) is 4.35. The van der Waals surface area contributed by atoms with Crippen LogP contribution in [-0.2, 0) is 4.84 Å².